The average Bonchev–Trinajstić information content (AvgIpc) is 2.83. The molecule has 0 spiro atoms. The molecule has 0 aliphatic rings. The SMILES string of the molecule is CCN(C)C(=O)CNc1nccc2sccc12. The molecule has 2 rings (SSSR count). The Kier molecular flexibility index (Phi) is 3.58. The Morgan fingerprint density at radius 1 is 1.53 bits per heavy atom. The lowest BCUT2D eigenvalue weighted by molar-refractivity contribution is -0.127. The molecular weight excluding hydrogens is 234 g/mol. The van der Waals surface area contributed by atoms with Crippen molar-refractivity contribution in [3.8, 4) is 0 Å². The smallest absolute Gasteiger partial charge is 0.241 e. The van der Waals surface area contributed by atoms with Crippen LogP contribution < -0.4 is 5.32 Å². The van der Waals surface area contributed by atoms with Crippen LogP contribution in [-0.2, 0) is 4.79 Å². The number of hydrogen-bond donors (Lipinski definition) is 1. The topological polar surface area (TPSA) is 45.2 Å². The van der Waals surface area contributed by atoms with E-state index in [2.05, 4.69) is 10.3 Å². The molecule has 5 heteroatoms. The van der Waals surface area contributed by atoms with Crippen LogP contribution >= 0.6 is 11.3 Å². The predicted molar refractivity (Wildman–Crippen MR) is 71.4 cm³/mol. The van der Waals surface area contributed by atoms with Gasteiger partial charge < -0.3 is 10.2 Å². The first-order valence-electron chi connectivity index (χ1n) is 5.52. The summed E-state index contributed by atoms with van der Waals surface area (Å²) in [4.78, 5) is 17.6. The second kappa shape index (κ2) is 5.14. The number of rotatable bonds is 4. The van der Waals surface area contributed by atoms with Crippen LogP contribution in [0, 0.1) is 0 Å². The van der Waals surface area contributed by atoms with Crippen molar-refractivity contribution in [3.05, 3.63) is 23.7 Å². The minimum Gasteiger partial charge on any atom is -0.360 e. The van der Waals surface area contributed by atoms with Crippen LogP contribution in [-0.4, -0.2) is 35.9 Å². The van der Waals surface area contributed by atoms with Gasteiger partial charge in [0, 0.05) is 29.9 Å². The average molecular weight is 249 g/mol. The largest absolute Gasteiger partial charge is 0.360 e. The number of thiophene rings is 1. The first kappa shape index (κ1) is 11.9. The number of nitrogens with zero attached hydrogens (tertiary/aromatic N) is 2. The number of carbonyl (C=O) groups excluding carboxylic acids is 1. The highest BCUT2D eigenvalue weighted by Crippen LogP contribution is 2.25. The zero-order valence-corrected chi connectivity index (χ0v) is 10.8. The maximum atomic E-state index is 11.7. The second-order valence-electron chi connectivity index (χ2n) is 3.75. The molecule has 0 unspecified atom stereocenters. The van der Waals surface area contributed by atoms with E-state index in [1.807, 2.05) is 24.4 Å². The molecular formula is C12H15N3OS. The van der Waals surface area contributed by atoms with Gasteiger partial charge in [-0.2, -0.15) is 0 Å². The molecule has 1 amide bonds. The molecule has 2 heterocycles. The van der Waals surface area contributed by atoms with Gasteiger partial charge in [-0.05, 0) is 24.4 Å². The molecule has 4 nitrogen and oxygen atoms in total. The zero-order valence-electron chi connectivity index (χ0n) is 9.93. The van der Waals surface area contributed by atoms with E-state index in [-0.39, 0.29) is 12.5 Å². The lowest BCUT2D eigenvalue weighted by Gasteiger charge is -2.15. The summed E-state index contributed by atoms with van der Waals surface area (Å²) >= 11 is 1.67. The van der Waals surface area contributed by atoms with Gasteiger partial charge in [-0.25, -0.2) is 4.98 Å². The normalized spacial score (nSPS) is 10.5. The van der Waals surface area contributed by atoms with Gasteiger partial charge in [-0.15, -0.1) is 11.3 Å². The summed E-state index contributed by atoms with van der Waals surface area (Å²) in [5.74, 6) is 0.850. The van der Waals surface area contributed by atoms with Gasteiger partial charge in [0.1, 0.15) is 5.82 Å². The zero-order chi connectivity index (χ0) is 12.3. The van der Waals surface area contributed by atoms with Gasteiger partial charge in [-0.3, -0.25) is 4.79 Å². The lowest BCUT2D eigenvalue weighted by Crippen LogP contribution is -2.32. The Morgan fingerprint density at radius 2 is 2.35 bits per heavy atom. The quantitative estimate of drug-likeness (QED) is 0.903. The Bertz CT molecular complexity index is 523. The maximum Gasteiger partial charge on any atom is 0.241 e. The fourth-order valence-electron chi connectivity index (χ4n) is 1.51. The van der Waals surface area contributed by atoms with Gasteiger partial charge >= 0.3 is 0 Å². The molecule has 0 fully saturated rings. The van der Waals surface area contributed by atoms with E-state index in [1.54, 1.807) is 29.5 Å². The minimum atomic E-state index is 0.0709. The second-order valence-corrected chi connectivity index (χ2v) is 4.70. The summed E-state index contributed by atoms with van der Waals surface area (Å²) in [5, 5.41) is 6.19. The first-order valence-corrected chi connectivity index (χ1v) is 6.40. The summed E-state index contributed by atoms with van der Waals surface area (Å²) in [6.45, 7) is 2.96. The van der Waals surface area contributed by atoms with E-state index in [4.69, 9.17) is 0 Å². The van der Waals surface area contributed by atoms with Gasteiger partial charge in [0.05, 0.1) is 6.54 Å². The number of carbonyl (C=O) groups is 1. The number of pyridine rings is 1. The molecule has 0 saturated carbocycles. The van der Waals surface area contributed by atoms with Crippen molar-refractivity contribution in [1.29, 1.82) is 0 Å². The summed E-state index contributed by atoms with van der Waals surface area (Å²) in [7, 11) is 1.79. The molecule has 2 aromatic rings. The third-order valence-corrected chi connectivity index (χ3v) is 3.57. The third-order valence-electron chi connectivity index (χ3n) is 2.69. The standard InChI is InChI=1S/C12H15N3OS/c1-3-15(2)11(16)8-14-12-9-5-7-17-10(9)4-6-13-12/h4-7H,3,8H2,1-2H3,(H,13,14). The van der Waals surface area contributed by atoms with E-state index in [9.17, 15) is 4.79 Å². The van der Waals surface area contributed by atoms with Crippen LogP contribution in [0.2, 0.25) is 0 Å². The van der Waals surface area contributed by atoms with E-state index in [0.717, 1.165) is 17.7 Å². The molecule has 17 heavy (non-hydrogen) atoms. The molecule has 1 N–H and O–H groups in total. The fraction of sp³-hybridized carbons (Fsp3) is 0.333. The maximum absolute atomic E-state index is 11.7. The molecule has 0 saturated heterocycles. The number of amides is 1. The monoisotopic (exact) mass is 249 g/mol. The molecule has 90 valence electrons. The number of aromatic nitrogens is 1. The third kappa shape index (κ3) is 2.55. The van der Waals surface area contributed by atoms with Crippen molar-refractivity contribution >= 4 is 33.1 Å². The highest BCUT2D eigenvalue weighted by Gasteiger charge is 2.08. The molecule has 0 bridgehead atoms. The van der Waals surface area contributed by atoms with Crippen molar-refractivity contribution in [3.63, 3.8) is 0 Å². The van der Waals surface area contributed by atoms with Crippen LogP contribution in [0.3, 0.4) is 0 Å². The van der Waals surface area contributed by atoms with Crippen molar-refractivity contribution in [2.45, 2.75) is 6.92 Å². The van der Waals surface area contributed by atoms with E-state index < -0.39 is 0 Å². The number of anilines is 1. The van der Waals surface area contributed by atoms with Crippen LogP contribution in [0.25, 0.3) is 10.1 Å². The van der Waals surface area contributed by atoms with Crippen molar-refractivity contribution in [1.82, 2.24) is 9.88 Å². The number of nitrogens with one attached hydrogen (secondary N) is 1. The van der Waals surface area contributed by atoms with E-state index >= 15 is 0 Å². The minimum absolute atomic E-state index is 0.0709. The van der Waals surface area contributed by atoms with Crippen LogP contribution in [0.15, 0.2) is 23.7 Å². The van der Waals surface area contributed by atoms with E-state index in [1.165, 1.54) is 4.70 Å². The molecule has 2 aromatic heterocycles. The molecule has 0 radical (unpaired) electrons. The van der Waals surface area contributed by atoms with Gasteiger partial charge in [-0.1, -0.05) is 0 Å². The summed E-state index contributed by atoms with van der Waals surface area (Å²) in [6, 6.07) is 3.99. The summed E-state index contributed by atoms with van der Waals surface area (Å²) in [6.07, 6.45) is 1.76. The summed E-state index contributed by atoms with van der Waals surface area (Å²) < 4.78 is 1.18. The lowest BCUT2D eigenvalue weighted by atomic mass is 10.3. The fourth-order valence-corrected chi connectivity index (χ4v) is 2.29. The van der Waals surface area contributed by atoms with Crippen molar-refractivity contribution < 1.29 is 4.79 Å². The Labute approximate surface area is 104 Å². The van der Waals surface area contributed by atoms with Gasteiger partial charge in [0.25, 0.3) is 0 Å². The number of fused-ring (bicyclic) bond motifs is 1. The predicted octanol–water partition coefficient (Wildman–Crippen LogP) is 2.19. The van der Waals surface area contributed by atoms with Crippen LogP contribution in [0.4, 0.5) is 5.82 Å². The van der Waals surface area contributed by atoms with Gasteiger partial charge in [0.2, 0.25) is 5.91 Å². The molecule has 0 aromatic carbocycles. The highest BCUT2D eigenvalue weighted by molar-refractivity contribution is 7.17. The molecule has 0 atom stereocenters. The molecule has 0 aliphatic carbocycles. The van der Waals surface area contributed by atoms with Crippen LogP contribution in [0.5, 0.6) is 0 Å². The Hall–Kier alpha value is -1.62. The molecule has 0 aliphatic heterocycles. The van der Waals surface area contributed by atoms with Crippen LogP contribution in [0.1, 0.15) is 6.92 Å². The number of hydrogen-bond acceptors (Lipinski definition) is 4. The van der Waals surface area contributed by atoms with Crippen molar-refractivity contribution in [2.75, 3.05) is 25.5 Å². The number of likely N-dealkylation sites (N-methyl/N-ethyl adjacent to an activating group) is 1. The summed E-state index contributed by atoms with van der Waals surface area (Å²) in [5.41, 5.74) is 0. The van der Waals surface area contributed by atoms with E-state index in [0.29, 0.717) is 0 Å². The van der Waals surface area contributed by atoms with Crippen molar-refractivity contribution in [2.24, 2.45) is 0 Å². The first-order chi connectivity index (χ1) is 8.22. The Balaban J connectivity index is 2.09. The highest BCUT2D eigenvalue weighted by atomic mass is 32.1. The Morgan fingerprint density at radius 3 is 3.12 bits per heavy atom. The van der Waals surface area contributed by atoms with Gasteiger partial charge in [0.15, 0.2) is 0 Å².